The average molecular weight is 276 g/mol. The summed E-state index contributed by atoms with van der Waals surface area (Å²) >= 11 is 1.57. The Kier molecular flexibility index (Phi) is 4.56. The van der Waals surface area contributed by atoms with E-state index in [1.807, 2.05) is 7.05 Å². The zero-order chi connectivity index (χ0) is 13.8. The van der Waals surface area contributed by atoms with E-state index in [0.717, 1.165) is 34.2 Å². The number of aryl methyl sites for hydroxylation is 2. The number of rotatable bonds is 5. The molecule has 0 spiro atoms. The monoisotopic (exact) mass is 276 g/mol. The van der Waals surface area contributed by atoms with Crippen molar-refractivity contribution in [1.29, 1.82) is 0 Å². The van der Waals surface area contributed by atoms with Crippen LogP contribution in [0.25, 0.3) is 0 Å². The number of hydrogen-bond acceptors (Lipinski definition) is 4. The summed E-state index contributed by atoms with van der Waals surface area (Å²) in [5.74, 6) is 0. The van der Waals surface area contributed by atoms with Gasteiger partial charge in [0.05, 0.1) is 17.2 Å². The number of aliphatic hydroxyl groups is 1. The minimum Gasteiger partial charge on any atom is -0.391 e. The number of aromatic nitrogens is 1. The van der Waals surface area contributed by atoms with Gasteiger partial charge in [0.25, 0.3) is 0 Å². The highest BCUT2D eigenvalue weighted by atomic mass is 32.1. The number of nitrogens with zero attached hydrogens (tertiary/aromatic N) is 2. The van der Waals surface area contributed by atoms with Crippen LogP contribution in [0.4, 0.5) is 10.8 Å². The molecule has 2 rings (SSSR count). The molecule has 0 fully saturated rings. The van der Waals surface area contributed by atoms with E-state index in [1.54, 1.807) is 11.3 Å². The Bertz CT molecular complexity index is 551. The van der Waals surface area contributed by atoms with Gasteiger partial charge in [0, 0.05) is 12.7 Å². The minimum atomic E-state index is 0.0780. The van der Waals surface area contributed by atoms with E-state index in [0.29, 0.717) is 0 Å². The molecule has 1 aromatic heterocycles. The first-order chi connectivity index (χ1) is 9.15. The van der Waals surface area contributed by atoms with E-state index in [2.05, 4.69) is 48.0 Å². The molecular weight excluding hydrogens is 256 g/mol. The van der Waals surface area contributed by atoms with Crippen LogP contribution >= 0.6 is 11.3 Å². The zero-order valence-electron chi connectivity index (χ0n) is 11.7. The topological polar surface area (TPSA) is 36.4 Å². The predicted octanol–water partition coefficient (Wildman–Crippen LogP) is 3.66. The second kappa shape index (κ2) is 6.17. The molecule has 1 aromatic carbocycles. The van der Waals surface area contributed by atoms with E-state index >= 15 is 0 Å². The van der Waals surface area contributed by atoms with Crippen molar-refractivity contribution in [2.24, 2.45) is 0 Å². The molecule has 2 aromatic rings. The maximum atomic E-state index is 9.41. The van der Waals surface area contributed by atoms with Gasteiger partial charge < -0.3 is 10.0 Å². The van der Waals surface area contributed by atoms with Crippen LogP contribution in [0.2, 0.25) is 0 Å². The summed E-state index contributed by atoms with van der Waals surface area (Å²) < 4.78 is 0. The fourth-order valence-corrected chi connectivity index (χ4v) is 2.96. The van der Waals surface area contributed by atoms with Gasteiger partial charge in [-0.05, 0) is 31.0 Å². The summed E-state index contributed by atoms with van der Waals surface area (Å²) in [5, 5.41) is 10.3. The van der Waals surface area contributed by atoms with E-state index in [-0.39, 0.29) is 6.61 Å². The van der Waals surface area contributed by atoms with Crippen LogP contribution in [0.5, 0.6) is 0 Å². The van der Waals surface area contributed by atoms with Crippen molar-refractivity contribution in [2.75, 3.05) is 11.9 Å². The van der Waals surface area contributed by atoms with Gasteiger partial charge in [-0.3, -0.25) is 0 Å². The van der Waals surface area contributed by atoms with Crippen LogP contribution in [0.1, 0.15) is 29.5 Å². The number of aliphatic hydroxyl groups excluding tert-OH is 1. The largest absolute Gasteiger partial charge is 0.391 e. The fourth-order valence-electron chi connectivity index (χ4n) is 2.02. The van der Waals surface area contributed by atoms with Crippen molar-refractivity contribution in [3.05, 3.63) is 40.4 Å². The van der Waals surface area contributed by atoms with Crippen LogP contribution in [-0.4, -0.2) is 17.1 Å². The van der Waals surface area contributed by atoms with Gasteiger partial charge in [-0.2, -0.15) is 0 Å². The Morgan fingerprint density at radius 1 is 1.37 bits per heavy atom. The van der Waals surface area contributed by atoms with Crippen molar-refractivity contribution < 1.29 is 5.11 Å². The summed E-state index contributed by atoms with van der Waals surface area (Å²) in [6.07, 6.45) is 1.97. The van der Waals surface area contributed by atoms with E-state index in [1.165, 1.54) is 5.56 Å². The molecule has 0 saturated heterocycles. The van der Waals surface area contributed by atoms with E-state index < -0.39 is 0 Å². The quantitative estimate of drug-likeness (QED) is 0.905. The molecule has 102 valence electrons. The summed E-state index contributed by atoms with van der Waals surface area (Å²) in [5.41, 5.74) is 3.39. The molecular formula is C15H20N2OS. The summed E-state index contributed by atoms with van der Waals surface area (Å²) in [6, 6.07) is 8.35. The lowest BCUT2D eigenvalue weighted by molar-refractivity contribution is 0.284. The molecule has 0 unspecified atom stereocenters. The molecule has 0 saturated carbocycles. The van der Waals surface area contributed by atoms with Gasteiger partial charge in [0.1, 0.15) is 0 Å². The SMILES string of the molecule is CCCc1nc(N(C)c2cccc(C)c2)sc1CO. The van der Waals surface area contributed by atoms with Crippen LogP contribution < -0.4 is 4.90 Å². The Morgan fingerprint density at radius 3 is 2.79 bits per heavy atom. The number of anilines is 2. The van der Waals surface area contributed by atoms with Gasteiger partial charge >= 0.3 is 0 Å². The van der Waals surface area contributed by atoms with Gasteiger partial charge in [0.2, 0.25) is 0 Å². The van der Waals surface area contributed by atoms with Crippen molar-refractivity contribution in [3.63, 3.8) is 0 Å². The van der Waals surface area contributed by atoms with Crippen LogP contribution in [0.15, 0.2) is 24.3 Å². The predicted molar refractivity (Wildman–Crippen MR) is 81.3 cm³/mol. The minimum absolute atomic E-state index is 0.0780. The van der Waals surface area contributed by atoms with Crippen molar-refractivity contribution in [3.8, 4) is 0 Å². The third kappa shape index (κ3) is 3.14. The molecule has 4 heteroatoms. The first-order valence-corrected chi connectivity index (χ1v) is 7.37. The lowest BCUT2D eigenvalue weighted by Crippen LogP contribution is -2.09. The van der Waals surface area contributed by atoms with Crippen molar-refractivity contribution in [1.82, 2.24) is 4.98 Å². The Balaban J connectivity index is 2.30. The fraction of sp³-hybridized carbons (Fsp3) is 0.400. The average Bonchev–Trinajstić information content (AvgIpc) is 2.81. The molecule has 0 aliphatic carbocycles. The van der Waals surface area contributed by atoms with Crippen LogP contribution in [0, 0.1) is 6.92 Å². The van der Waals surface area contributed by atoms with Crippen molar-refractivity contribution >= 4 is 22.2 Å². The maximum absolute atomic E-state index is 9.41. The summed E-state index contributed by atoms with van der Waals surface area (Å²) in [6.45, 7) is 4.29. The van der Waals surface area contributed by atoms with Crippen molar-refractivity contribution in [2.45, 2.75) is 33.3 Å². The summed E-state index contributed by atoms with van der Waals surface area (Å²) in [4.78, 5) is 7.72. The lowest BCUT2D eigenvalue weighted by Gasteiger charge is -2.16. The highest BCUT2D eigenvalue weighted by Gasteiger charge is 2.14. The molecule has 0 atom stereocenters. The molecule has 0 bridgehead atoms. The second-order valence-corrected chi connectivity index (χ2v) is 5.73. The van der Waals surface area contributed by atoms with Crippen LogP contribution in [-0.2, 0) is 13.0 Å². The second-order valence-electron chi connectivity index (χ2n) is 4.67. The maximum Gasteiger partial charge on any atom is 0.190 e. The number of hydrogen-bond donors (Lipinski definition) is 1. The molecule has 1 heterocycles. The molecule has 0 radical (unpaired) electrons. The van der Waals surface area contributed by atoms with E-state index in [4.69, 9.17) is 0 Å². The highest BCUT2D eigenvalue weighted by Crippen LogP contribution is 2.31. The molecule has 0 aliphatic heterocycles. The number of thiazole rings is 1. The Hall–Kier alpha value is -1.39. The van der Waals surface area contributed by atoms with Gasteiger partial charge in [0.15, 0.2) is 5.13 Å². The first kappa shape index (κ1) is 14.0. The third-order valence-electron chi connectivity index (χ3n) is 3.07. The van der Waals surface area contributed by atoms with Crippen LogP contribution in [0.3, 0.4) is 0 Å². The van der Waals surface area contributed by atoms with E-state index in [9.17, 15) is 5.11 Å². The smallest absolute Gasteiger partial charge is 0.190 e. The Labute approximate surface area is 118 Å². The molecule has 3 nitrogen and oxygen atoms in total. The first-order valence-electron chi connectivity index (χ1n) is 6.55. The zero-order valence-corrected chi connectivity index (χ0v) is 12.5. The molecule has 1 N–H and O–H groups in total. The summed E-state index contributed by atoms with van der Waals surface area (Å²) in [7, 11) is 2.02. The number of benzene rings is 1. The van der Waals surface area contributed by atoms with Gasteiger partial charge in [-0.15, -0.1) is 0 Å². The normalized spacial score (nSPS) is 10.7. The molecule has 0 amide bonds. The molecule has 19 heavy (non-hydrogen) atoms. The standard InChI is InChI=1S/C15H20N2OS/c1-4-6-13-14(10-18)19-15(16-13)17(3)12-8-5-7-11(2)9-12/h5,7-9,18H,4,6,10H2,1-3H3. The lowest BCUT2D eigenvalue weighted by atomic mass is 10.2. The van der Waals surface area contributed by atoms with Gasteiger partial charge in [-0.1, -0.05) is 36.8 Å². The molecule has 0 aliphatic rings. The van der Waals surface area contributed by atoms with Gasteiger partial charge in [-0.25, -0.2) is 4.98 Å². The highest BCUT2D eigenvalue weighted by molar-refractivity contribution is 7.15. The third-order valence-corrected chi connectivity index (χ3v) is 4.23. The Morgan fingerprint density at radius 2 is 2.16 bits per heavy atom.